The van der Waals surface area contributed by atoms with Gasteiger partial charge in [0.2, 0.25) is 0 Å². The molecule has 0 aromatic heterocycles. The highest BCUT2D eigenvalue weighted by molar-refractivity contribution is 6.05. The second-order valence-corrected chi connectivity index (χ2v) is 4.53. The molecular weight excluding hydrogens is 256 g/mol. The summed E-state index contributed by atoms with van der Waals surface area (Å²) in [5.41, 5.74) is 2.80. The molecule has 5 heteroatoms. The molecule has 20 heavy (non-hydrogen) atoms. The fourth-order valence-corrected chi connectivity index (χ4v) is 1.96. The van der Waals surface area contributed by atoms with Gasteiger partial charge in [-0.3, -0.25) is 14.9 Å². The van der Waals surface area contributed by atoms with Gasteiger partial charge >= 0.3 is 0 Å². The zero-order chi connectivity index (χ0) is 14.7. The van der Waals surface area contributed by atoms with Crippen molar-refractivity contribution in [3.63, 3.8) is 0 Å². The molecule has 0 bridgehead atoms. The van der Waals surface area contributed by atoms with Crippen LogP contribution < -0.4 is 5.32 Å². The molecule has 0 fully saturated rings. The highest BCUT2D eigenvalue weighted by Gasteiger charge is 2.13. The number of nitro benzene ring substituents is 1. The number of anilines is 1. The lowest BCUT2D eigenvalue weighted by molar-refractivity contribution is -0.384. The smallest absolute Gasteiger partial charge is 0.270 e. The number of hydrogen-bond acceptors (Lipinski definition) is 3. The molecule has 102 valence electrons. The normalized spacial score (nSPS) is 10.1. The van der Waals surface area contributed by atoms with Gasteiger partial charge in [0.15, 0.2) is 0 Å². The number of carbonyl (C=O) groups is 1. The van der Waals surface area contributed by atoms with Crippen molar-refractivity contribution in [1.82, 2.24) is 0 Å². The third-order valence-corrected chi connectivity index (χ3v) is 3.04. The van der Waals surface area contributed by atoms with Crippen LogP contribution in [-0.4, -0.2) is 10.8 Å². The van der Waals surface area contributed by atoms with Gasteiger partial charge in [-0.1, -0.05) is 24.3 Å². The Balaban J connectivity index is 2.29. The van der Waals surface area contributed by atoms with E-state index >= 15 is 0 Å². The van der Waals surface area contributed by atoms with Crippen LogP contribution in [0.4, 0.5) is 11.4 Å². The predicted molar refractivity (Wildman–Crippen MR) is 77.0 cm³/mol. The minimum Gasteiger partial charge on any atom is -0.321 e. The summed E-state index contributed by atoms with van der Waals surface area (Å²) in [4.78, 5) is 22.4. The van der Waals surface area contributed by atoms with Crippen LogP contribution in [0, 0.1) is 24.0 Å². The zero-order valence-electron chi connectivity index (χ0n) is 11.2. The van der Waals surface area contributed by atoms with E-state index < -0.39 is 4.92 Å². The van der Waals surface area contributed by atoms with E-state index in [0.717, 1.165) is 16.8 Å². The maximum absolute atomic E-state index is 12.2. The first-order chi connectivity index (χ1) is 9.49. The van der Waals surface area contributed by atoms with Gasteiger partial charge in [-0.15, -0.1) is 0 Å². The minimum atomic E-state index is -0.518. The number of hydrogen-bond donors (Lipinski definition) is 1. The molecule has 0 aliphatic heterocycles. The van der Waals surface area contributed by atoms with Gasteiger partial charge in [0.1, 0.15) is 0 Å². The van der Waals surface area contributed by atoms with E-state index in [4.69, 9.17) is 0 Å². The number of aryl methyl sites for hydroxylation is 2. The topological polar surface area (TPSA) is 72.2 Å². The molecule has 0 heterocycles. The minimum absolute atomic E-state index is 0.0980. The summed E-state index contributed by atoms with van der Waals surface area (Å²) >= 11 is 0. The van der Waals surface area contributed by atoms with E-state index in [1.54, 1.807) is 6.07 Å². The summed E-state index contributed by atoms with van der Waals surface area (Å²) in [6.07, 6.45) is 0. The van der Waals surface area contributed by atoms with Crippen molar-refractivity contribution >= 4 is 17.3 Å². The maximum Gasteiger partial charge on any atom is 0.270 e. The molecule has 1 N–H and O–H groups in total. The molecule has 2 rings (SSSR count). The van der Waals surface area contributed by atoms with E-state index in [-0.39, 0.29) is 17.2 Å². The fraction of sp³-hybridized carbons (Fsp3) is 0.133. The number of nitro groups is 1. The first-order valence-electron chi connectivity index (χ1n) is 6.11. The number of benzene rings is 2. The Bertz CT molecular complexity index is 660. The van der Waals surface area contributed by atoms with Crippen molar-refractivity contribution in [3.05, 3.63) is 69.3 Å². The molecule has 0 radical (unpaired) electrons. The molecule has 0 saturated carbocycles. The van der Waals surface area contributed by atoms with Gasteiger partial charge in [0.05, 0.1) is 4.92 Å². The van der Waals surface area contributed by atoms with Crippen LogP contribution in [0.5, 0.6) is 0 Å². The van der Waals surface area contributed by atoms with E-state index in [9.17, 15) is 14.9 Å². The standard InChI is InChI=1S/C15H14N2O3/c1-10-5-3-6-11(2)14(10)16-15(18)12-7-4-8-13(9-12)17(19)20/h3-9H,1-2H3,(H,16,18). The molecule has 5 nitrogen and oxygen atoms in total. The number of nitrogens with one attached hydrogen (secondary N) is 1. The summed E-state index contributed by atoms with van der Waals surface area (Å²) in [6.45, 7) is 3.80. The van der Waals surface area contributed by atoms with Crippen molar-refractivity contribution in [2.45, 2.75) is 13.8 Å². The Labute approximate surface area is 116 Å². The third kappa shape index (κ3) is 2.83. The number of nitrogens with zero attached hydrogens (tertiary/aromatic N) is 1. The Morgan fingerprint density at radius 1 is 1.10 bits per heavy atom. The van der Waals surface area contributed by atoms with Crippen LogP contribution in [0.15, 0.2) is 42.5 Å². The Morgan fingerprint density at radius 3 is 2.30 bits per heavy atom. The molecule has 0 aliphatic rings. The van der Waals surface area contributed by atoms with E-state index in [0.29, 0.717) is 0 Å². The largest absolute Gasteiger partial charge is 0.321 e. The van der Waals surface area contributed by atoms with Crippen molar-refractivity contribution in [2.75, 3.05) is 5.32 Å². The van der Waals surface area contributed by atoms with Gasteiger partial charge in [-0.2, -0.15) is 0 Å². The van der Waals surface area contributed by atoms with Crippen LogP contribution >= 0.6 is 0 Å². The Morgan fingerprint density at radius 2 is 1.70 bits per heavy atom. The average Bonchev–Trinajstić information content (AvgIpc) is 2.43. The van der Waals surface area contributed by atoms with Crippen LogP contribution in [0.25, 0.3) is 0 Å². The highest BCUT2D eigenvalue weighted by atomic mass is 16.6. The monoisotopic (exact) mass is 270 g/mol. The van der Waals surface area contributed by atoms with E-state index in [1.807, 2.05) is 32.0 Å². The molecular formula is C15H14N2O3. The summed E-state index contributed by atoms with van der Waals surface area (Å²) in [6, 6.07) is 11.4. The highest BCUT2D eigenvalue weighted by Crippen LogP contribution is 2.21. The second kappa shape index (κ2) is 5.52. The summed E-state index contributed by atoms with van der Waals surface area (Å²) in [7, 11) is 0. The number of para-hydroxylation sites is 1. The van der Waals surface area contributed by atoms with Gasteiger partial charge in [-0.05, 0) is 31.0 Å². The first-order valence-corrected chi connectivity index (χ1v) is 6.11. The summed E-state index contributed by atoms with van der Waals surface area (Å²) < 4.78 is 0. The van der Waals surface area contributed by atoms with Gasteiger partial charge < -0.3 is 5.32 Å². The first kappa shape index (κ1) is 13.7. The van der Waals surface area contributed by atoms with E-state index in [1.165, 1.54) is 18.2 Å². The molecule has 0 aliphatic carbocycles. The van der Waals surface area contributed by atoms with E-state index in [2.05, 4.69) is 5.32 Å². The summed E-state index contributed by atoms with van der Waals surface area (Å²) in [5, 5.41) is 13.5. The SMILES string of the molecule is Cc1cccc(C)c1NC(=O)c1cccc([N+](=O)[O-])c1. The fourth-order valence-electron chi connectivity index (χ4n) is 1.96. The van der Waals surface area contributed by atoms with Gasteiger partial charge in [-0.25, -0.2) is 0 Å². The predicted octanol–water partition coefficient (Wildman–Crippen LogP) is 3.46. The number of non-ortho nitro benzene ring substituents is 1. The molecule has 0 saturated heterocycles. The molecule has 1 amide bonds. The number of amides is 1. The lowest BCUT2D eigenvalue weighted by Gasteiger charge is -2.11. The van der Waals surface area contributed by atoms with Crippen molar-refractivity contribution in [1.29, 1.82) is 0 Å². The van der Waals surface area contributed by atoms with Crippen LogP contribution in [0.1, 0.15) is 21.5 Å². The second-order valence-electron chi connectivity index (χ2n) is 4.53. The Hall–Kier alpha value is -2.69. The van der Waals surface area contributed by atoms with Gasteiger partial charge in [0, 0.05) is 23.4 Å². The quantitative estimate of drug-likeness (QED) is 0.685. The van der Waals surface area contributed by atoms with Crippen molar-refractivity contribution in [2.24, 2.45) is 0 Å². The van der Waals surface area contributed by atoms with Crippen LogP contribution in [-0.2, 0) is 0 Å². The lowest BCUT2D eigenvalue weighted by atomic mass is 10.1. The van der Waals surface area contributed by atoms with Gasteiger partial charge in [0.25, 0.3) is 11.6 Å². The molecule has 2 aromatic carbocycles. The van der Waals surface area contributed by atoms with Crippen LogP contribution in [0.2, 0.25) is 0 Å². The van der Waals surface area contributed by atoms with Crippen molar-refractivity contribution < 1.29 is 9.72 Å². The molecule has 0 spiro atoms. The zero-order valence-corrected chi connectivity index (χ0v) is 11.2. The lowest BCUT2D eigenvalue weighted by Crippen LogP contribution is -2.13. The maximum atomic E-state index is 12.2. The third-order valence-electron chi connectivity index (χ3n) is 3.04. The van der Waals surface area contributed by atoms with Crippen LogP contribution in [0.3, 0.4) is 0 Å². The number of rotatable bonds is 3. The molecule has 0 unspecified atom stereocenters. The molecule has 0 atom stereocenters. The number of carbonyl (C=O) groups excluding carboxylic acids is 1. The summed E-state index contributed by atoms with van der Waals surface area (Å²) in [5.74, 6) is -0.355. The average molecular weight is 270 g/mol. The molecule has 2 aromatic rings. The Kier molecular flexibility index (Phi) is 3.79. The van der Waals surface area contributed by atoms with Crippen molar-refractivity contribution in [3.8, 4) is 0 Å².